The summed E-state index contributed by atoms with van der Waals surface area (Å²) in [5, 5.41) is 0. The Morgan fingerprint density at radius 3 is 1.19 bits per heavy atom. The summed E-state index contributed by atoms with van der Waals surface area (Å²) in [5.74, 6) is 0.100. The third kappa shape index (κ3) is 37.9. The van der Waals surface area contributed by atoms with E-state index in [9.17, 15) is 47.1 Å². The van der Waals surface area contributed by atoms with Crippen molar-refractivity contribution in [2.24, 2.45) is 5.73 Å². The zero-order valence-corrected chi connectivity index (χ0v) is 61.6. The van der Waals surface area contributed by atoms with Crippen LogP contribution in [0, 0.1) is 0 Å². The van der Waals surface area contributed by atoms with Crippen LogP contribution in [0.25, 0.3) is 0 Å². The Bertz CT molecular complexity index is 2240. The summed E-state index contributed by atoms with van der Waals surface area (Å²) in [5.41, 5.74) is 5.37. The fraction of sp³-hybridized carbons (Fsp3) is 1.00. The second-order valence-electron chi connectivity index (χ2n) is 22.1. The van der Waals surface area contributed by atoms with Gasteiger partial charge in [0.25, 0.3) is 0 Å². The van der Waals surface area contributed by atoms with Crippen molar-refractivity contribution in [3.05, 3.63) is 0 Å². The molecule has 32 nitrogen and oxygen atoms in total. The topological polar surface area (TPSA) is 413 Å². The van der Waals surface area contributed by atoms with Crippen molar-refractivity contribution < 1.29 is 150 Å². The molecule has 0 aromatic rings. The van der Waals surface area contributed by atoms with E-state index in [-0.39, 0.29) is 69.3 Å². The molecular formula is C50H94B6FNO31P5S-5. The van der Waals surface area contributed by atoms with Crippen molar-refractivity contribution in [2.45, 2.75) is 153 Å². The molecule has 0 aromatic carbocycles. The van der Waals surface area contributed by atoms with E-state index in [2.05, 4.69) is 4.52 Å². The van der Waals surface area contributed by atoms with E-state index in [1.807, 2.05) is 0 Å². The van der Waals surface area contributed by atoms with Gasteiger partial charge in [0.2, 0.25) is 0 Å². The van der Waals surface area contributed by atoms with Crippen molar-refractivity contribution in [1.29, 1.82) is 0 Å². The van der Waals surface area contributed by atoms with Crippen LogP contribution in [0.3, 0.4) is 0 Å². The van der Waals surface area contributed by atoms with Gasteiger partial charge in [-0.2, -0.15) is 0 Å². The van der Waals surface area contributed by atoms with E-state index in [1.165, 1.54) is 49.3 Å². The molecule has 0 bridgehead atoms. The lowest BCUT2D eigenvalue weighted by Crippen LogP contribution is -2.40. The minimum Gasteiger partial charge on any atom is -0.801 e. The van der Waals surface area contributed by atoms with Gasteiger partial charge < -0.3 is 152 Å². The van der Waals surface area contributed by atoms with Crippen LogP contribution in [-0.4, -0.2) is 345 Å². The van der Waals surface area contributed by atoms with Gasteiger partial charge >= 0.3 is 0 Å². The molecule has 95 heavy (non-hydrogen) atoms. The van der Waals surface area contributed by atoms with Gasteiger partial charge in [-0.25, -0.2) is 4.39 Å². The van der Waals surface area contributed by atoms with Gasteiger partial charge in [0.05, 0.1) is 78.9 Å². The highest BCUT2D eigenvalue weighted by atomic mass is 32.5. The van der Waals surface area contributed by atoms with Gasteiger partial charge in [0, 0.05) is 128 Å². The summed E-state index contributed by atoms with van der Waals surface area (Å²) >= 11 is 4.69. The minimum absolute atomic E-state index is 0.0266. The van der Waals surface area contributed by atoms with Crippen molar-refractivity contribution in [3.63, 3.8) is 0 Å². The Kier molecular flexibility index (Phi) is 46.7. The molecule has 0 saturated carbocycles. The molecule has 2 N–H and O–H groups in total. The SMILES string of the molecule is [B][C@@H]1O[C@H](COC)C(OP(C)(=O)[O-])[C@@H]1F.[B][C@@H]1O[C@H](COC)C(OP(C)(=O)[O-])[C@@H]1OC.[B][C@@H]1O[C@H](COC)C(OP(C)(=O)[O-])[C@@H]1OCCCN.[B][C@@H]1O[C@H](COC)C(OP(C)(=O)[O-])[C@@H]1OCCOC.[B][C@H]1CC(OP(C)([O-])=S)[C@@H](COC)O1.[B][C@H]1COC(COC)C(OC)C1. The quantitative estimate of drug-likeness (QED) is 0.0388. The zero-order valence-electron chi connectivity index (χ0n) is 56.3. The Morgan fingerprint density at radius 1 is 0.442 bits per heavy atom. The lowest BCUT2D eigenvalue weighted by atomic mass is 9.80. The van der Waals surface area contributed by atoms with Gasteiger partial charge in [-0.1, -0.05) is 17.6 Å². The molecular weight excluding hydrogens is 1380 g/mol. The highest BCUT2D eigenvalue weighted by molar-refractivity contribution is 8.08. The lowest BCUT2D eigenvalue weighted by molar-refractivity contribution is -0.206. The molecule has 0 spiro atoms. The van der Waals surface area contributed by atoms with Gasteiger partial charge in [-0.15, -0.1) is 0 Å². The van der Waals surface area contributed by atoms with E-state index < -0.39 is 134 Å². The molecule has 546 valence electrons. The standard InChI is InChI=1S/C10H21BNO6P.C10H20BO7P.C8H16BO6P.C8H15BO3.C7H13BFO5P.C7H14BO4PS/c1-15-6-7-8(18-19(2,13)14)9(10(11)17-7)16-5-3-4-12;1-14-4-5-16-9-8(18-19(3,12)13)7(6-15-2)17-10(9)11;1-12-4-5-6(15-16(3,10)11)7(13-2)8(9)14-5;1-10-5-8-7(11-2)3-6(9)4-12-8;1-12-3-4-6(14-15(2,10)11)5(9)7(8)13-4;1-10-4-6-5(3-7(8)11-6)12-13(2,9)14/h7-10H,3-6,12H2,1-2H3,(H,13,14);7-10H,4-6H2,1-3H3,(H,12,13);5-8H,4H2,1-3H3,(H,10,11);6-8H,3-5H2,1-2H3;4-7H,3H2,1-2H3,(H,10,11);5-7H,3-4H2,1-2H3,(H,9,14)/p-5/t2*7-,8?,9+,10-;5-,6?,7+,8-;6-,7?,8?;4-,5+,6?,7-;5?,6-,7-,13?/m111111/s1. The first-order chi connectivity index (χ1) is 44.2. The summed E-state index contributed by atoms with van der Waals surface area (Å²) in [4.78, 5) is 55.9. The molecule has 0 aromatic heterocycles. The lowest BCUT2D eigenvalue weighted by Gasteiger charge is -2.33. The largest absolute Gasteiger partial charge is 0.801 e. The normalized spacial score (nSPS) is 36.6. The monoisotopic (exact) mass is 1480 g/mol. The third-order valence-electron chi connectivity index (χ3n) is 13.5. The first kappa shape index (κ1) is 93.8. The Labute approximate surface area is 572 Å². The second kappa shape index (κ2) is 47.3. The number of ether oxygens (including phenoxy) is 17. The van der Waals surface area contributed by atoms with Gasteiger partial charge in [-0.3, -0.25) is 0 Å². The average Bonchev–Trinajstić information content (AvgIpc) is 1.71. The number of halogens is 1. The molecule has 12 unspecified atom stereocenters. The predicted molar refractivity (Wildman–Crippen MR) is 342 cm³/mol. The van der Waals surface area contributed by atoms with E-state index >= 15 is 0 Å². The van der Waals surface area contributed by atoms with E-state index in [4.69, 9.17) is 163 Å². The van der Waals surface area contributed by atoms with Crippen LogP contribution >= 0.6 is 36.9 Å². The van der Waals surface area contributed by atoms with Gasteiger partial charge in [-0.05, 0) is 39.0 Å². The van der Waals surface area contributed by atoms with Gasteiger partial charge in [0.1, 0.15) is 155 Å². The smallest absolute Gasteiger partial charge is 0.147 e. The Balaban J connectivity index is 0.000000574. The van der Waals surface area contributed by atoms with Crippen molar-refractivity contribution in [2.75, 3.05) is 170 Å². The highest BCUT2D eigenvalue weighted by Crippen LogP contribution is 2.43. The van der Waals surface area contributed by atoms with Crippen LogP contribution in [-0.2, 0) is 133 Å². The van der Waals surface area contributed by atoms with Crippen LogP contribution in [0.2, 0.25) is 5.82 Å². The van der Waals surface area contributed by atoms with Crippen molar-refractivity contribution >= 4 is 95.8 Å². The number of nitrogens with two attached hydrogens (primary N) is 1. The number of methoxy groups -OCH3 is 9. The maximum absolute atomic E-state index is 13.4. The van der Waals surface area contributed by atoms with E-state index in [0.717, 1.165) is 33.1 Å². The molecule has 6 aliphatic heterocycles. The summed E-state index contributed by atoms with van der Waals surface area (Å²) in [6.45, 7) is 5.93. The molecule has 6 fully saturated rings. The average molecular weight is 1480 g/mol. The second-order valence-corrected chi connectivity index (χ2v) is 32.9. The summed E-state index contributed by atoms with van der Waals surface area (Å²) in [6, 6.07) is -3.81. The summed E-state index contributed by atoms with van der Waals surface area (Å²) < 4.78 is 170. The number of hydrogen-bond donors (Lipinski definition) is 1. The molecule has 6 saturated heterocycles. The minimum atomic E-state index is -4.02. The molecule has 0 amide bonds. The first-order valence-corrected chi connectivity index (χ1v) is 40.6. The van der Waals surface area contributed by atoms with Crippen LogP contribution < -0.4 is 30.2 Å². The van der Waals surface area contributed by atoms with Crippen molar-refractivity contribution in [3.8, 4) is 0 Å². The maximum Gasteiger partial charge on any atom is 0.147 e. The molecule has 0 aliphatic carbocycles. The van der Waals surface area contributed by atoms with Gasteiger partial charge in [0.15, 0.2) is 0 Å². The molecule has 27 atom stereocenters. The molecule has 6 heterocycles. The molecule has 6 aliphatic rings. The summed E-state index contributed by atoms with van der Waals surface area (Å²) in [7, 11) is 31.7. The van der Waals surface area contributed by atoms with Crippen LogP contribution in [0.5, 0.6) is 0 Å². The Hall–Kier alpha value is 0.770. The number of rotatable bonds is 32. The first-order valence-electron chi connectivity index (χ1n) is 29.5. The molecule has 45 heteroatoms. The number of alkyl halides is 1. The van der Waals surface area contributed by atoms with Crippen LogP contribution in [0.15, 0.2) is 0 Å². The zero-order chi connectivity index (χ0) is 72.7. The fourth-order valence-corrected chi connectivity index (χ4v) is 13.5. The number of hydrogen-bond acceptors (Lipinski definition) is 33. The fourth-order valence-electron chi connectivity index (χ4n) is 9.67. The molecule has 6 rings (SSSR count). The molecule has 12 radical (unpaired) electrons. The Morgan fingerprint density at radius 2 is 0.811 bits per heavy atom. The van der Waals surface area contributed by atoms with Crippen LogP contribution in [0.4, 0.5) is 4.39 Å². The predicted octanol–water partition coefficient (Wildman–Crippen LogP) is -3.51. The summed E-state index contributed by atoms with van der Waals surface area (Å²) in [6.07, 6.45) is -8.25. The highest BCUT2D eigenvalue weighted by Gasteiger charge is 2.48. The van der Waals surface area contributed by atoms with E-state index in [1.54, 1.807) is 21.3 Å². The third-order valence-corrected chi connectivity index (χ3v) is 16.9. The maximum atomic E-state index is 13.4. The van der Waals surface area contributed by atoms with Crippen molar-refractivity contribution in [1.82, 2.24) is 0 Å². The van der Waals surface area contributed by atoms with E-state index in [0.29, 0.717) is 52.4 Å². The van der Waals surface area contributed by atoms with Crippen LogP contribution in [0.1, 0.15) is 19.3 Å².